The van der Waals surface area contributed by atoms with E-state index in [1.807, 2.05) is 0 Å². The van der Waals surface area contributed by atoms with Gasteiger partial charge in [-0.3, -0.25) is 0 Å². The lowest BCUT2D eigenvalue weighted by atomic mass is 9.73. The molecule has 0 bridgehead atoms. The molecule has 0 N–H and O–H groups in total. The van der Waals surface area contributed by atoms with E-state index in [0.29, 0.717) is 11.8 Å². The van der Waals surface area contributed by atoms with Gasteiger partial charge in [-0.1, -0.05) is 105 Å². The minimum Gasteiger partial charge on any atom is -0.0740 e. The predicted octanol–water partition coefficient (Wildman–Crippen LogP) is 6.90. The Balaban J connectivity index is 1.90. The monoisotopic (exact) mass is 430 g/mol. The molecular weight excluding hydrogens is 412 g/mol. The number of allylic oxidation sites excluding steroid dienone is 2. The van der Waals surface area contributed by atoms with Crippen LogP contribution in [0.4, 0.5) is 0 Å². The van der Waals surface area contributed by atoms with Gasteiger partial charge in [0.2, 0.25) is 0 Å². The summed E-state index contributed by atoms with van der Waals surface area (Å²) in [5, 5.41) is 0. The molecule has 2 aromatic rings. The van der Waals surface area contributed by atoms with E-state index in [2.05, 4.69) is 92.5 Å². The average Bonchev–Trinajstić information content (AvgIpc) is 2.86. The highest BCUT2D eigenvalue weighted by atomic mass is 79.9. The molecular formula is C21H20Br2. The minimum absolute atomic E-state index is 0.0788. The number of hydrogen-bond donors (Lipinski definition) is 0. The number of benzene rings is 2. The molecule has 0 radical (unpaired) electrons. The molecule has 1 saturated carbocycles. The Hall–Kier alpha value is -0.860. The van der Waals surface area contributed by atoms with Gasteiger partial charge < -0.3 is 0 Å². The quantitative estimate of drug-likeness (QED) is 0.453. The molecule has 0 aromatic heterocycles. The van der Waals surface area contributed by atoms with Crippen LogP contribution in [0.3, 0.4) is 0 Å². The predicted molar refractivity (Wildman–Crippen MR) is 105 cm³/mol. The topological polar surface area (TPSA) is 0 Å². The van der Waals surface area contributed by atoms with Crippen LogP contribution in [0, 0.1) is 11.8 Å². The van der Waals surface area contributed by atoms with Gasteiger partial charge in [0.25, 0.3) is 0 Å². The molecule has 0 spiro atoms. The molecule has 2 heteroatoms. The first-order chi connectivity index (χ1) is 11.2. The van der Waals surface area contributed by atoms with Crippen LogP contribution in [0.2, 0.25) is 0 Å². The summed E-state index contributed by atoms with van der Waals surface area (Å²) in [4.78, 5) is 0. The van der Waals surface area contributed by atoms with E-state index >= 15 is 0 Å². The average molecular weight is 432 g/mol. The lowest BCUT2D eigenvalue weighted by Gasteiger charge is -2.37. The highest BCUT2D eigenvalue weighted by Crippen LogP contribution is 2.64. The molecule has 0 amide bonds. The van der Waals surface area contributed by atoms with Crippen molar-refractivity contribution in [1.29, 1.82) is 0 Å². The zero-order valence-electron chi connectivity index (χ0n) is 13.0. The van der Waals surface area contributed by atoms with Gasteiger partial charge in [0.05, 0.1) is 4.32 Å². The summed E-state index contributed by atoms with van der Waals surface area (Å²) in [6, 6.07) is 21.8. The highest BCUT2D eigenvalue weighted by Gasteiger charge is 2.53. The fourth-order valence-corrected chi connectivity index (χ4v) is 6.53. The number of fused-ring (bicyclic) bond motifs is 1. The third-order valence-corrected chi connectivity index (χ3v) is 8.51. The summed E-state index contributed by atoms with van der Waals surface area (Å²) >= 11 is 8.22. The minimum atomic E-state index is -0.0788. The molecule has 2 aliphatic rings. The largest absolute Gasteiger partial charge is 0.0856 e. The summed E-state index contributed by atoms with van der Waals surface area (Å²) < 4.78 is 1.25. The van der Waals surface area contributed by atoms with E-state index in [1.54, 1.807) is 0 Å². The van der Waals surface area contributed by atoms with Gasteiger partial charge in [0, 0.05) is 4.48 Å². The first-order valence-corrected chi connectivity index (χ1v) is 10.0. The second-order valence-electron chi connectivity index (χ2n) is 6.67. The van der Waals surface area contributed by atoms with Gasteiger partial charge in [-0.05, 0) is 41.4 Å². The van der Waals surface area contributed by atoms with Crippen molar-refractivity contribution >= 4 is 37.4 Å². The van der Waals surface area contributed by atoms with Crippen molar-refractivity contribution in [3.05, 3.63) is 76.3 Å². The van der Waals surface area contributed by atoms with E-state index in [-0.39, 0.29) is 4.32 Å². The van der Waals surface area contributed by atoms with Crippen LogP contribution < -0.4 is 0 Å². The molecule has 3 atom stereocenters. The number of hydrogen-bond acceptors (Lipinski definition) is 0. The van der Waals surface area contributed by atoms with Crippen molar-refractivity contribution in [3.8, 4) is 0 Å². The van der Waals surface area contributed by atoms with Crippen LogP contribution in [0.1, 0.15) is 36.8 Å². The fraction of sp³-hybridized carbons (Fsp3) is 0.333. The Bertz CT molecular complexity index is 720. The van der Waals surface area contributed by atoms with Crippen LogP contribution in [0.15, 0.2) is 65.1 Å². The molecule has 1 fully saturated rings. The van der Waals surface area contributed by atoms with E-state index in [1.165, 1.54) is 46.9 Å². The molecule has 0 heterocycles. The van der Waals surface area contributed by atoms with E-state index in [4.69, 9.17) is 0 Å². The third kappa shape index (κ3) is 2.46. The Morgan fingerprint density at radius 2 is 1.43 bits per heavy atom. The first-order valence-electron chi connectivity index (χ1n) is 8.43. The van der Waals surface area contributed by atoms with E-state index in [0.717, 1.165) is 0 Å². The highest BCUT2D eigenvalue weighted by molar-refractivity contribution is 9.14. The summed E-state index contributed by atoms with van der Waals surface area (Å²) in [6.45, 7) is 0. The van der Waals surface area contributed by atoms with Crippen molar-refractivity contribution in [1.82, 2.24) is 0 Å². The lowest BCUT2D eigenvalue weighted by Crippen LogP contribution is -2.31. The Morgan fingerprint density at radius 3 is 2.13 bits per heavy atom. The van der Waals surface area contributed by atoms with Gasteiger partial charge >= 0.3 is 0 Å². The SMILES string of the molecule is BrC1=C(c2ccccc2)[C@H]2CCCC[C@H]2[C@]1(Br)c1ccccc1. The van der Waals surface area contributed by atoms with Crippen LogP contribution >= 0.6 is 31.9 Å². The summed E-state index contributed by atoms with van der Waals surface area (Å²) in [5.74, 6) is 1.27. The molecule has 118 valence electrons. The van der Waals surface area contributed by atoms with Crippen molar-refractivity contribution in [2.75, 3.05) is 0 Å². The second kappa shape index (κ2) is 6.22. The smallest absolute Gasteiger partial charge is 0.0740 e. The van der Waals surface area contributed by atoms with Gasteiger partial charge in [-0.15, -0.1) is 0 Å². The Kier molecular flexibility index (Phi) is 4.23. The zero-order valence-corrected chi connectivity index (χ0v) is 16.2. The van der Waals surface area contributed by atoms with Gasteiger partial charge in [-0.2, -0.15) is 0 Å². The summed E-state index contributed by atoms with van der Waals surface area (Å²) in [7, 11) is 0. The Morgan fingerprint density at radius 1 is 0.826 bits per heavy atom. The van der Waals surface area contributed by atoms with Crippen LogP contribution in [0.5, 0.6) is 0 Å². The first kappa shape index (κ1) is 15.7. The molecule has 0 saturated heterocycles. The normalized spacial score (nSPS) is 30.3. The Labute approximate surface area is 155 Å². The van der Waals surface area contributed by atoms with Crippen molar-refractivity contribution in [2.45, 2.75) is 30.0 Å². The molecule has 2 aromatic carbocycles. The number of alkyl halides is 1. The zero-order chi connectivity index (χ0) is 15.9. The maximum absolute atomic E-state index is 4.19. The van der Waals surface area contributed by atoms with Crippen LogP contribution in [-0.2, 0) is 4.32 Å². The van der Waals surface area contributed by atoms with Crippen molar-refractivity contribution in [2.24, 2.45) is 11.8 Å². The number of halogens is 2. The molecule has 0 nitrogen and oxygen atoms in total. The summed E-state index contributed by atoms with van der Waals surface area (Å²) in [5.41, 5.74) is 4.25. The van der Waals surface area contributed by atoms with Gasteiger partial charge in [0.1, 0.15) is 0 Å². The molecule has 0 aliphatic heterocycles. The third-order valence-electron chi connectivity index (χ3n) is 5.48. The maximum atomic E-state index is 4.19. The lowest BCUT2D eigenvalue weighted by molar-refractivity contribution is 0.275. The maximum Gasteiger partial charge on any atom is 0.0856 e. The second-order valence-corrected chi connectivity index (χ2v) is 8.71. The van der Waals surface area contributed by atoms with Crippen LogP contribution in [0.25, 0.3) is 5.57 Å². The van der Waals surface area contributed by atoms with E-state index < -0.39 is 0 Å². The van der Waals surface area contributed by atoms with Crippen molar-refractivity contribution < 1.29 is 0 Å². The summed E-state index contributed by atoms with van der Waals surface area (Å²) in [6.07, 6.45) is 5.26. The van der Waals surface area contributed by atoms with Gasteiger partial charge in [0.15, 0.2) is 0 Å². The standard InChI is InChI=1S/C21H20Br2/c22-20-19(15-9-3-1-4-10-15)17-13-7-8-14-18(17)21(20,23)16-11-5-2-6-12-16/h1-6,9-12,17-18H,7-8,13-14H2/t17-,18+,21+/m0/s1. The van der Waals surface area contributed by atoms with Crippen molar-refractivity contribution in [3.63, 3.8) is 0 Å². The fourth-order valence-electron chi connectivity index (χ4n) is 4.45. The number of rotatable bonds is 2. The van der Waals surface area contributed by atoms with Crippen LogP contribution in [-0.4, -0.2) is 0 Å². The van der Waals surface area contributed by atoms with E-state index in [9.17, 15) is 0 Å². The molecule has 4 rings (SSSR count). The molecule has 23 heavy (non-hydrogen) atoms. The molecule has 0 unspecified atom stereocenters. The van der Waals surface area contributed by atoms with Gasteiger partial charge in [-0.25, -0.2) is 0 Å². The molecule has 2 aliphatic carbocycles.